The van der Waals surface area contributed by atoms with Crippen LogP contribution in [-0.4, -0.2) is 33.5 Å². The summed E-state index contributed by atoms with van der Waals surface area (Å²) < 4.78 is 2.29. The fourth-order valence-electron chi connectivity index (χ4n) is 7.16. The van der Waals surface area contributed by atoms with Crippen LogP contribution in [-0.2, 0) is 0 Å². The Balaban J connectivity index is 1.13. The Morgan fingerprint density at radius 1 is 1.11 bits per heavy atom. The van der Waals surface area contributed by atoms with E-state index in [-0.39, 0.29) is 11.5 Å². The van der Waals surface area contributed by atoms with E-state index in [4.69, 9.17) is 10.7 Å². The highest BCUT2D eigenvalue weighted by atomic mass is 32.2. The topological polar surface area (TPSA) is 59.5 Å². The van der Waals surface area contributed by atoms with E-state index in [1.54, 1.807) is 28.5 Å². The summed E-state index contributed by atoms with van der Waals surface area (Å²) in [5, 5.41) is 1.13. The molecular weight excluding hydrogens is 450 g/mol. The number of hydrogen-bond donors (Lipinski definition) is 1. The Labute approximate surface area is 211 Å². The fourth-order valence-corrected chi connectivity index (χ4v) is 8.18. The van der Waals surface area contributed by atoms with Crippen molar-refractivity contribution in [2.24, 2.45) is 17.1 Å². The van der Waals surface area contributed by atoms with Crippen molar-refractivity contribution in [1.82, 2.24) is 14.4 Å². The number of aromatic nitrogens is 3. The van der Waals surface area contributed by atoms with Crippen LogP contribution in [0.5, 0.6) is 0 Å². The van der Waals surface area contributed by atoms with Crippen LogP contribution in [0.25, 0.3) is 5.52 Å². The van der Waals surface area contributed by atoms with Gasteiger partial charge in [0.1, 0.15) is 5.03 Å². The van der Waals surface area contributed by atoms with Gasteiger partial charge < -0.3 is 15.0 Å². The largest absolute Gasteiger partial charge is 0.355 e. The second kappa shape index (κ2) is 7.97. The van der Waals surface area contributed by atoms with Crippen molar-refractivity contribution in [2.45, 2.75) is 68.3 Å². The lowest BCUT2D eigenvalue weighted by molar-refractivity contribution is 0.199. The van der Waals surface area contributed by atoms with E-state index < -0.39 is 0 Å². The van der Waals surface area contributed by atoms with Crippen LogP contribution in [0.3, 0.4) is 0 Å². The third-order valence-electron chi connectivity index (χ3n) is 9.22. The average Bonchev–Trinajstić information content (AvgIpc) is 3.62. The van der Waals surface area contributed by atoms with Crippen LogP contribution in [0.15, 0.2) is 69.5 Å². The van der Waals surface area contributed by atoms with Crippen molar-refractivity contribution < 1.29 is 0 Å². The monoisotopic (exact) mass is 483 g/mol. The molecule has 3 aromatic rings. The van der Waals surface area contributed by atoms with Crippen LogP contribution in [0.2, 0.25) is 0 Å². The Morgan fingerprint density at radius 2 is 1.97 bits per heavy atom. The molecule has 1 saturated heterocycles. The van der Waals surface area contributed by atoms with Gasteiger partial charge in [0.15, 0.2) is 5.82 Å². The van der Waals surface area contributed by atoms with Crippen LogP contribution >= 0.6 is 11.8 Å². The number of nitrogens with zero attached hydrogens (tertiary/aromatic N) is 4. The summed E-state index contributed by atoms with van der Waals surface area (Å²) >= 11 is 1.77. The predicted octanol–water partition coefficient (Wildman–Crippen LogP) is 5.85. The van der Waals surface area contributed by atoms with Gasteiger partial charge in [-0.3, -0.25) is 4.98 Å². The fraction of sp³-hybridized carbons (Fsp3) is 0.448. The van der Waals surface area contributed by atoms with Crippen LogP contribution in [0, 0.1) is 25.2 Å². The highest BCUT2D eigenvalue weighted by Gasteiger charge is 2.52. The second-order valence-corrected chi connectivity index (χ2v) is 12.0. The summed E-state index contributed by atoms with van der Waals surface area (Å²) in [5.41, 5.74) is 15.7. The molecule has 4 aliphatic rings. The Bertz CT molecular complexity index is 1390. The number of hydrogen-bond acceptors (Lipinski definition) is 5. The summed E-state index contributed by atoms with van der Waals surface area (Å²) in [6, 6.07) is 6.67. The van der Waals surface area contributed by atoms with Gasteiger partial charge >= 0.3 is 0 Å². The number of allylic oxidation sites excluding steroid dienone is 3. The molecule has 5 nitrogen and oxygen atoms in total. The minimum atomic E-state index is 0.239. The lowest BCUT2D eigenvalue weighted by Crippen LogP contribution is -2.47. The molecule has 7 rings (SSSR count). The molecule has 2 saturated carbocycles. The summed E-state index contributed by atoms with van der Waals surface area (Å²) in [6.45, 7) is 6.27. The molecule has 3 aromatic heterocycles. The highest BCUT2D eigenvalue weighted by molar-refractivity contribution is 7.99. The molecule has 0 radical (unpaired) electrons. The van der Waals surface area contributed by atoms with Crippen molar-refractivity contribution in [2.75, 3.05) is 18.0 Å². The van der Waals surface area contributed by atoms with Crippen LogP contribution in [0.4, 0.5) is 5.82 Å². The molecule has 4 heterocycles. The molecule has 1 spiro atoms. The van der Waals surface area contributed by atoms with E-state index in [1.165, 1.54) is 41.7 Å². The van der Waals surface area contributed by atoms with Crippen molar-refractivity contribution in [3.63, 3.8) is 0 Å². The molecule has 2 N–H and O–H groups in total. The summed E-state index contributed by atoms with van der Waals surface area (Å²) in [7, 11) is 0. The van der Waals surface area contributed by atoms with Crippen molar-refractivity contribution in [1.29, 1.82) is 0 Å². The maximum atomic E-state index is 7.02. The normalized spacial score (nSPS) is 25.0. The quantitative estimate of drug-likeness (QED) is 0.506. The SMILES string of the molecule is Cc1nccc(Sc2cnc(N3CCC4(CC3)CC3C=C5CCCC5=C3[C@H]4N)c3cccn23)c1C. The molecule has 3 aliphatic carbocycles. The Hall–Kier alpha value is -2.57. The third-order valence-corrected chi connectivity index (χ3v) is 10.4. The molecule has 0 amide bonds. The summed E-state index contributed by atoms with van der Waals surface area (Å²) in [5.74, 6) is 1.72. The Morgan fingerprint density at radius 3 is 2.83 bits per heavy atom. The first kappa shape index (κ1) is 21.7. The van der Waals surface area contributed by atoms with Crippen molar-refractivity contribution >= 4 is 23.1 Å². The Kier molecular flexibility index (Phi) is 4.94. The van der Waals surface area contributed by atoms with Gasteiger partial charge in [0, 0.05) is 48.0 Å². The first-order chi connectivity index (χ1) is 17.0. The average molecular weight is 484 g/mol. The molecule has 2 atom stereocenters. The van der Waals surface area contributed by atoms with E-state index in [0.717, 1.165) is 42.5 Å². The van der Waals surface area contributed by atoms with E-state index in [1.807, 2.05) is 12.4 Å². The van der Waals surface area contributed by atoms with Crippen LogP contribution < -0.4 is 10.6 Å². The first-order valence-electron chi connectivity index (χ1n) is 13.0. The number of anilines is 1. The summed E-state index contributed by atoms with van der Waals surface area (Å²) in [6.07, 6.45) is 16.1. The van der Waals surface area contributed by atoms with Gasteiger partial charge in [-0.25, -0.2) is 4.98 Å². The zero-order valence-corrected chi connectivity index (χ0v) is 21.4. The molecule has 0 aromatic carbocycles. The molecular formula is C29H33N5S. The van der Waals surface area contributed by atoms with Gasteiger partial charge in [-0.15, -0.1) is 0 Å². The number of nitrogens with two attached hydrogens (primary N) is 1. The lowest BCUT2D eigenvalue weighted by Gasteiger charge is -2.43. The summed E-state index contributed by atoms with van der Waals surface area (Å²) in [4.78, 5) is 13.2. The molecule has 0 bridgehead atoms. The second-order valence-electron chi connectivity index (χ2n) is 10.9. The number of piperidine rings is 1. The molecule has 6 heteroatoms. The van der Waals surface area contributed by atoms with Gasteiger partial charge in [0.05, 0.1) is 11.7 Å². The van der Waals surface area contributed by atoms with E-state index in [0.29, 0.717) is 5.92 Å². The predicted molar refractivity (Wildman–Crippen MR) is 142 cm³/mol. The number of fused-ring (bicyclic) bond motifs is 3. The first-order valence-corrected chi connectivity index (χ1v) is 13.9. The number of pyridine rings is 1. The van der Waals surface area contributed by atoms with E-state index in [2.05, 4.69) is 58.6 Å². The van der Waals surface area contributed by atoms with Gasteiger partial charge in [0.2, 0.25) is 0 Å². The minimum absolute atomic E-state index is 0.239. The molecule has 180 valence electrons. The smallest absolute Gasteiger partial charge is 0.153 e. The molecule has 1 unspecified atom stereocenters. The molecule has 35 heavy (non-hydrogen) atoms. The maximum absolute atomic E-state index is 7.02. The van der Waals surface area contributed by atoms with E-state index >= 15 is 0 Å². The van der Waals surface area contributed by atoms with Crippen molar-refractivity contribution in [3.05, 3.63) is 70.8 Å². The number of rotatable bonds is 3. The molecule has 1 aliphatic heterocycles. The molecule has 3 fully saturated rings. The number of aryl methyl sites for hydroxylation is 1. The standard InChI is InChI=1S/C29H33N5S/c1-18-19(2)31-11-8-24(18)35-25-17-32-28(23-7-4-12-34(23)25)33-13-9-29(10-14-33)16-21-15-20-5-3-6-22(20)26(21)27(29)30/h4,7-8,11-12,15,17,21,27H,3,5-6,9-10,13-14,16,30H2,1-2H3/t21?,27-/m1/s1. The van der Waals surface area contributed by atoms with Gasteiger partial charge in [-0.2, -0.15) is 0 Å². The van der Waals surface area contributed by atoms with E-state index in [9.17, 15) is 0 Å². The third kappa shape index (κ3) is 3.26. The van der Waals surface area contributed by atoms with Crippen LogP contribution in [0.1, 0.15) is 49.8 Å². The lowest BCUT2D eigenvalue weighted by atomic mass is 9.73. The zero-order valence-electron chi connectivity index (χ0n) is 20.6. The van der Waals surface area contributed by atoms with Gasteiger partial charge in [-0.1, -0.05) is 17.8 Å². The highest BCUT2D eigenvalue weighted by Crippen LogP contribution is 2.57. The zero-order chi connectivity index (χ0) is 23.7. The minimum Gasteiger partial charge on any atom is -0.355 e. The van der Waals surface area contributed by atoms with Gasteiger partial charge in [-0.05, 0) is 98.3 Å². The maximum Gasteiger partial charge on any atom is 0.153 e. The van der Waals surface area contributed by atoms with Gasteiger partial charge in [0.25, 0.3) is 0 Å². The van der Waals surface area contributed by atoms with Crippen molar-refractivity contribution in [3.8, 4) is 0 Å².